The maximum atomic E-state index is 11.4. The van der Waals surface area contributed by atoms with Crippen LogP contribution in [0.3, 0.4) is 0 Å². The average molecular weight is 230 g/mol. The van der Waals surface area contributed by atoms with Gasteiger partial charge in [0.05, 0.1) is 18.6 Å². The fourth-order valence-electron chi connectivity index (χ4n) is 1.71. The molecule has 0 aliphatic rings. The normalized spacial score (nSPS) is 14.5. The Morgan fingerprint density at radius 3 is 2.38 bits per heavy atom. The predicted octanol–water partition coefficient (Wildman–Crippen LogP) is 3.32. The van der Waals surface area contributed by atoms with Gasteiger partial charge in [0, 0.05) is 7.11 Å². The van der Waals surface area contributed by atoms with Crippen molar-refractivity contribution < 1.29 is 14.3 Å². The van der Waals surface area contributed by atoms with Gasteiger partial charge < -0.3 is 9.47 Å². The van der Waals surface area contributed by atoms with Crippen LogP contribution < -0.4 is 0 Å². The number of rotatable bonds is 9. The number of carbonyl (C=O) groups is 1. The molecule has 0 N–H and O–H groups in total. The van der Waals surface area contributed by atoms with Crippen molar-refractivity contribution in [3.8, 4) is 0 Å². The Kier molecular flexibility index (Phi) is 8.26. The fraction of sp³-hybridized carbons (Fsp3) is 0.923. The van der Waals surface area contributed by atoms with E-state index in [0.29, 0.717) is 13.0 Å². The molecule has 0 aromatic carbocycles. The molecule has 0 aliphatic carbocycles. The van der Waals surface area contributed by atoms with Gasteiger partial charge in [-0.25, -0.2) is 0 Å². The number of unbranched alkanes of at least 4 members (excludes halogenated alkanes) is 3. The molecule has 0 heterocycles. The van der Waals surface area contributed by atoms with Crippen LogP contribution in [-0.2, 0) is 14.3 Å². The van der Waals surface area contributed by atoms with Crippen LogP contribution in [-0.4, -0.2) is 25.3 Å². The van der Waals surface area contributed by atoms with Gasteiger partial charge in [0.1, 0.15) is 0 Å². The van der Waals surface area contributed by atoms with Gasteiger partial charge in [-0.15, -0.1) is 0 Å². The van der Waals surface area contributed by atoms with Crippen LogP contribution in [0.4, 0.5) is 0 Å². The Bertz CT molecular complexity index is 192. The Balaban J connectivity index is 3.94. The number of carbonyl (C=O) groups excluding carboxylic acids is 1. The Labute approximate surface area is 99.5 Å². The largest absolute Gasteiger partial charge is 0.466 e. The molecule has 0 spiro atoms. The van der Waals surface area contributed by atoms with E-state index in [4.69, 9.17) is 9.47 Å². The van der Waals surface area contributed by atoms with Gasteiger partial charge in [0.2, 0.25) is 0 Å². The zero-order chi connectivity index (χ0) is 12.4. The van der Waals surface area contributed by atoms with E-state index >= 15 is 0 Å². The van der Waals surface area contributed by atoms with Gasteiger partial charge in [-0.2, -0.15) is 0 Å². The van der Waals surface area contributed by atoms with E-state index in [2.05, 4.69) is 6.92 Å². The molecular weight excluding hydrogens is 204 g/mol. The van der Waals surface area contributed by atoms with E-state index in [1.54, 1.807) is 7.11 Å². The van der Waals surface area contributed by atoms with Crippen LogP contribution in [0.25, 0.3) is 0 Å². The summed E-state index contributed by atoms with van der Waals surface area (Å²) < 4.78 is 10.4. The lowest BCUT2D eigenvalue weighted by Crippen LogP contribution is -2.31. The second-order valence-electron chi connectivity index (χ2n) is 4.45. The third kappa shape index (κ3) is 6.83. The van der Waals surface area contributed by atoms with Gasteiger partial charge in [-0.3, -0.25) is 4.79 Å². The number of hydrogen-bond acceptors (Lipinski definition) is 3. The predicted molar refractivity (Wildman–Crippen MR) is 65.4 cm³/mol. The minimum atomic E-state index is -0.361. The molecule has 0 aliphatic heterocycles. The zero-order valence-electron chi connectivity index (χ0n) is 11.2. The lowest BCUT2D eigenvalue weighted by molar-refractivity contribution is -0.149. The summed E-state index contributed by atoms with van der Waals surface area (Å²) in [5.41, 5.74) is -0.361. The highest BCUT2D eigenvalue weighted by molar-refractivity contribution is 5.70. The highest BCUT2D eigenvalue weighted by Crippen LogP contribution is 2.23. The summed E-state index contributed by atoms with van der Waals surface area (Å²) in [4.78, 5) is 11.4. The Morgan fingerprint density at radius 1 is 1.19 bits per heavy atom. The van der Waals surface area contributed by atoms with Gasteiger partial charge in [0.25, 0.3) is 0 Å². The quantitative estimate of drug-likeness (QED) is 0.450. The number of hydrogen-bond donors (Lipinski definition) is 0. The molecule has 1 unspecified atom stereocenters. The Hall–Kier alpha value is -0.570. The van der Waals surface area contributed by atoms with Crippen molar-refractivity contribution in [3.05, 3.63) is 0 Å². The van der Waals surface area contributed by atoms with E-state index in [1.807, 2.05) is 13.8 Å². The third-order valence-corrected chi connectivity index (χ3v) is 2.88. The van der Waals surface area contributed by atoms with E-state index in [9.17, 15) is 4.79 Å². The monoisotopic (exact) mass is 230 g/mol. The van der Waals surface area contributed by atoms with Crippen molar-refractivity contribution in [2.45, 2.75) is 64.9 Å². The second kappa shape index (κ2) is 8.57. The van der Waals surface area contributed by atoms with Crippen molar-refractivity contribution in [2.75, 3.05) is 13.7 Å². The topological polar surface area (TPSA) is 35.5 Å². The fourth-order valence-corrected chi connectivity index (χ4v) is 1.71. The molecule has 0 rings (SSSR count). The van der Waals surface area contributed by atoms with Crippen molar-refractivity contribution in [3.63, 3.8) is 0 Å². The first-order chi connectivity index (χ1) is 7.58. The van der Waals surface area contributed by atoms with Crippen LogP contribution in [0.1, 0.15) is 59.3 Å². The van der Waals surface area contributed by atoms with Crippen molar-refractivity contribution in [1.29, 1.82) is 0 Å². The average Bonchev–Trinajstić information content (AvgIpc) is 2.25. The Morgan fingerprint density at radius 2 is 1.88 bits per heavy atom. The molecule has 0 saturated heterocycles. The summed E-state index contributed by atoms with van der Waals surface area (Å²) in [6.07, 6.45) is 6.06. The van der Waals surface area contributed by atoms with E-state index in [0.717, 1.165) is 12.8 Å². The molecule has 0 bridgehead atoms. The minimum absolute atomic E-state index is 0.164. The van der Waals surface area contributed by atoms with Crippen molar-refractivity contribution in [1.82, 2.24) is 0 Å². The first-order valence-corrected chi connectivity index (χ1v) is 6.28. The maximum Gasteiger partial charge on any atom is 0.308 e. The van der Waals surface area contributed by atoms with Crippen LogP contribution in [0.5, 0.6) is 0 Å². The smallest absolute Gasteiger partial charge is 0.308 e. The van der Waals surface area contributed by atoms with Crippen LogP contribution >= 0.6 is 0 Å². The standard InChI is InChI=1S/C13H26O3/c1-5-7-8-9-10-13(3,15-4)11-12(14)16-6-2/h5-11H2,1-4H3. The molecule has 3 nitrogen and oxygen atoms in total. The summed E-state index contributed by atoms with van der Waals surface area (Å²) in [5, 5.41) is 0. The lowest BCUT2D eigenvalue weighted by atomic mass is 9.94. The summed E-state index contributed by atoms with van der Waals surface area (Å²) >= 11 is 0. The summed E-state index contributed by atoms with van der Waals surface area (Å²) in [6, 6.07) is 0. The van der Waals surface area contributed by atoms with Crippen LogP contribution in [0.15, 0.2) is 0 Å². The molecule has 0 radical (unpaired) electrons. The third-order valence-electron chi connectivity index (χ3n) is 2.88. The number of ether oxygens (including phenoxy) is 2. The van der Waals surface area contributed by atoms with Crippen molar-refractivity contribution >= 4 is 5.97 Å². The highest BCUT2D eigenvalue weighted by atomic mass is 16.5. The van der Waals surface area contributed by atoms with E-state index < -0.39 is 0 Å². The molecule has 0 saturated carbocycles. The zero-order valence-corrected chi connectivity index (χ0v) is 11.2. The minimum Gasteiger partial charge on any atom is -0.466 e. The SMILES string of the molecule is CCCCCCC(C)(CC(=O)OCC)OC. The molecule has 0 amide bonds. The summed E-state index contributed by atoms with van der Waals surface area (Å²) in [5.74, 6) is -0.164. The molecule has 0 aromatic heterocycles. The molecule has 1 atom stereocenters. The number of methoxy groups -OCH3 is 1. The first kappa shape index (κ1) is 15.4. The van der Waals surface area contributed by atoms with Crippen LogP contribution in [0, 0.1) is 0 Å². The maximum absolute atomic E-state index is 11.4. The van der Waals surface area contributed by atoms with E-state index in [1.165, 1.54) is 19.3 Å². The molecular formula is C13H26O3. The molecule has 0 fully saturated rings. The summed E-state index contributed by atoms with van der Waals surface area (Å²) in [6.45, 7) is 6.43. The number of esters is 1. The summed E-state index contributed by atoms with van der Waals surface area (Å²) in [7, 11) is 1.67. The van der Waals surface area contributed by atoms with Gasteiger partial charge >= 0.3 is 5.97 Å². The molecule has 96 valence electrons. The lowest BCUT2D eigenvalue weighted by Gasteiger charge is -2.27. The highest BCUT2D eigenvalue weighted by Gasteiger charge is 2.27. The first-order valence-electron chi connectivity index (χ1n) is 6.28. The van der Waals surface area contributed by atoms with E-state index in [-0.39, 0.29) is 11.6 Å². The van der Waals surface area contributed by atoms with Gasteiger partial charge in [-0.1, -0.05) is 32.6 Å². The van der Waals surface area contributed by atoms with Crippen LogP contribution in [0.2, 0.25) is 0 Å². The molecule has 0 aromatic rings. The molecule has 3 heteroatoms. The van der Waals surface area contributed by atoms with Crippen molar-refractivity contribution in [2.24, 2.45) is 0 Å². The molecule has 16 heavy (non-hydrogen) atoms. The van der Waals surface area contributed by atoms with Gasteiger partial charge in [0.15, 0.2) is 0 Å². The second-order valence-corrected chi connectivity index (χ2v) is 4.45. The van der Waals surface area contributed by atoms with Gasteiger partial charge in [-0.05, 0) is 20.3 Å².